The van der Waals surface area contributed by atoms with Crippen molar-refractivity contribution in [2.45, 2.75) is 0 Å². The van der Waals surface area contributed by atoms with Crippen LogP contribution in [0.2, 0.25) is 0 Å². The third-order valence-electron chi connectivity index (χ3n) is 3.56. The van der Waals surface area contributed by atoms with Gasteiger partial charge in [0.05, 0.1) is 16.7 Å². The third kappa shape index (κ3) is 1.81. The van der Waals surface area contributed by atoms with E-state index in [4.69, 9.17) is 0 Å². The molecule has 0 saturated heterocycles. The molecule has 0 saturated carbocycles. The molecule has 108 valence electrons. The van der Waals surface area contributed by atoms with Crippen molar-refractivity contribution < 1.29 is 9.50 Å². The smallest absolute Gasteiger partial charge is 0.193 e. The molecule has 3 heterocycles. The molecular formula is C16H11FN4O. The second-order valence-corrected chi connectivity index (χ2v) is 5.07. The summed E-state index contributed by atoms with van der Waals surface area (Å²) in [6.07, 6.45) is 3.38. The van der Waals surface area contributed by atoms with E-state index < -0.39 is 11.6 Å². The van der Waals surface area contributed by atoms with Gasteiger partial charge in [-0.1, -0.05) is 0 Å². The van der Waals surface area contributed by atoms with Crippen LogP contribution < -0.4 is 0 Å². The van der Waals surface area contributed by atoms with Crippen LogP contribution in [-0.2, 0) is 7.05 Å². The summed E-state index contributed by atoms with van der Waals surface area (Å²) in [5.41, 5.74) is 2.40. The highest BCUT2D eigenvalue weighted by atomic mass is 19.1. The summed E-state index contributed by atoms with van der Waals surface area (Å²) in [5, 5.41) is 14.8. The number of pyridine rings is 2. The van der Waals surface area contributed by atoms with Crippen LogP contribution in [0.4, 0.5) is 4.39 Å². The molecule has 0 atom stereocenters. The van der Waals surface area contributed by atoms with E-state index in [1.54, 1.807) is 43.7 Å². The molecule has 0 bridgehead atoms. The fourth-order valence-electron chi connectivity index (χ4n) is 2.54. The summed E-state index contributed by atoms with van der Waals surface area (Å²) in [6.45, 7) is 0. The molecule has 5 nitrogen and oxygen atoms in total. The van der Waals surface area contributed by atoms with Gasteiger partial charge in [0.2, 0.25) is 0 Å². The Morgan fingerprint density at radius 1 is 1.18 bits per heavy atom. The van der Waals surface area contributed by atoms with E-state index in [1.165, 1.54) is 4.68 Å². The summed E-state index contributed by atoms with van der Waals surface area (Å²) < 4.78 is 15.8. The minimum Gasteiger partial charge on any atom is -0.504 e. The van der Waals surface area contributed by atoms with Gasteiger partial charge in [0.1, 0.15) is 5.52 Å². The van der Waals surface area contributed by atoms with Crippen LogP contribution >= 0.6 is 0 Å². The lowest BCUT2D eigenvalue weighted by Crippen LogP contribution is -1.90. The number of benzene rings is 1. The van der Waals surface area contributed by atoms with Crippen molar-refractivity contribution in [2.24, 2.45) is 7.05 Å². The third-order valence-corrected chi connectivity index (χ3v) is 3.56. The predicted molar refractivity (Wildman–Crippen MR) is 80.9 cm³/mol. The molecule has 1 N–H and O–H groups in total. The molecule has 1 aromatic carbocycles. The monoisotopic (exact) mass is 294 g/mol. The van der Waals surface area contributed by atoms with Crippen LogP contribution in [0.25, 0.3) is 33.2 Å². The molecule has 4 rings (SSSR count). The van der Waals surface area contributed by atoms with E-state index in [9.17, 15) is 9.50 Å². The number of nitrogens with zero attached hydrogens (tertiary/aromatic N) is 4. The van der Waals surface area contributed by atoms with Gasteiger partial charge in [-0.05, 0) is 30.3 Å². The number of aromatic hydroxyl groups is 1. The van der Waals surface area contributed by atoms with Crippen molar-refractivity contribution in [3.05, 3.63) is 48.5 Å². The Balaban J connectivity index is 2.00. The molecule has 0 aliphatic heterocycles. The molecule has 4 aromatic rings. The molecule has 3 aromatic heterocycles. The Labute approximate surface area is 124 Å². The molecule has 22 heavy (non-hydrogen) atoms. The lowest BCUT2D eigenvalue weighted by atomic mass is 10.1. The first kappa shape index (κ1) is 12.7. The molecule has 0 radical (unpaired) electrons. The number of hydrogen-bond acceptors (Lipinski definition) is 4. The van der Waals surface area contributed by atoms with Crippen LogP contribution in [0, 0.1) is 5.82 Å². The van der Waals surface area contributed by atoms with Gasteiger partial charge < -0.3 is 5.11 Å². The molecule has 0 unspecified atom stereocenters. The number of aryl methyl sites for hydroxylation is 1. The standard InChI is InChI=1S/C16H11FN4O/c1-21-8-9-7-10(16(22)14(17)15(9)20-21)11-4-5-12-13(19-11)3-2-6-18-12/h2-8,22H,1H3. The van der Waals surface area contributed by atoms with E-state index in [0.717, 1.165) is 5.52 Å². The Bertz CT molecular complexity index is 1030. The van der Waals surface area contributed by atoms with Crippen LogP contribution in [-0.4, -0.2) is 24.9 Å². The number of halogens is 1. The number of hydrogen-bond donors (Lipinski definition) is 1. The van der Waals surface area contributed by atoms with Gasteiger partial charge in [0, 0.05) is 30.4 Å². The number of phenolic OH excluding ortho intramolecular Hbond substituents is 1. The van der Waals surface area contributed by atoms with Crippen LogP contribution in [0.1, 0.15) is 0 Å². The van der Waals surface area contributed by atoms with Gasteiger partial charge in [0.15, 0.2) is 11.6 Å². The van der Waals surface area contributed by atoms with Crippen molar-refractivity contribution in [3.63, 3.8) is 0 Å². The van der Waals surface area contributed by atoms with E-state index in [-0.39, 0.29) is 5.52 Å². The van der Waals surface area contributed by atoms with Crippen molar-refractivity contribution in [2.75, 3.05) is 0 Å². The quantitative estimate of drug-likeness (QED) is 0.586. The average molecular weight is 294 g/mol. The molecule has 0 amide bonds. The van der Waals surface area contributed by atoms with E-state index in [2.05, 4.69) is 15.1 Å². The molecule has 0 spiro atoms. The highest BCUT2D eigenvalue weighted by Gasteiger charge is 2.17. The predicted octanol–water partition coefficient (Wildman–Crippen LogP) is 3.03. The zero-order chi connectivity index (χ0) is 15.3. The Hall–Kier alpha value is -3.02. The molecule has 0 aliphatic carbocycles. The zero-order valence-corrected chi connectivity index (χ0v) is 11.7. The van der Waals surface area contributed by atoms with Gasteiger partial charge in [-0.3, -0.25) is 9.67 Å². The highest BCUT2D eigenvalue weighted by molar-refractivity contribution is 5.89. The number of phenols is 1. The van der Waals surface area contributed by atoms with Crippen molar-refractivity contribution in [1.82, 2.24) is 19.7 Å². The summed E-state index contributed by atoms with van der Waals surface area (Å²) in [6, 6.07) is 8.80. The molecule has 6 heteroatoms. The van der Waals surface area contributed by atoms with Gasteiger partial charge >= 0.3 is 0 Å². The minimum absolute atomic E-state index is 0.145. The SMILES string of the molecule is Cn1cc2cc(-c3ccc4ncccc4n3)c(O)c(F)c2n1. The van der Waals surface area contributed by atoms with Crippen molar-refractivity contribution >= 4 is 21.9 Å². The maximum Gasteiger partial charge on any atom is 0.193 e. The van der Waals surface area contributed by atoms with E-state index in [0.29, 0.717) is 22.2 Å². The largest absolute Gasteiger partial charge is 0.504 e. The summed E-state index contributed by atoms with van der Waals surface area (Å²) >= 11 is 0. The van der Waals surface area contributed by atoms with Gasteiger partial charge in [-0.15, -0.1) is 0 Å². The Kier molecular flexibility index (Phi) is 2.59. The number of fused-ring (bicyclic) bond motifs is 2. The van der Waals surface area contributed by atoms with Crippen molar-refractivity contribution in [3.8, 4) is 17.0 Å². The number of rotatable bonds is 1. The van der Waals surface area contributed by atoms with E-state index in [1.807, 2.05) is 6.07 Å². The Morgan fingerprint density at radius 3 is 2.91 bits per heavy atom. The lowest BCUT2D eigenvalue weighted by Gasteiger charge is -2.06. The van der Waals surface area contributed by atoms with Gasteiger partial charge in [0.25, 0.3) is 0 Å². The van der Waals surface area contributed by atoms with Crippen LogP contribution in [0.15, 0.2) is 42.7 Å². The summed E-state index contributed by atoms with van der Waals surface area (Å²) in [7, 11) is 1.70. The topological polar surface area (TPSA) is 63.8 Å². The molecule has 0 aliphatic rings. The normalized spacial score (nSPS) is 11.4. The number of aromatic nitrogens is 4. The Morgan fingerprint density at radius 2 is 2.05 bits per heavy atom. The molecular weight excluding hydrogens is 283 g/mol. The zero-order valence-electron chi connectivity index (χ0n) is 11.7. The van der Waals surface area contributed by atoms with Gasteiger partial charge in [-0.2, -0.15) is 5.10 Å². The lowest BCUT2D eigenvalue weighted by molar-refractivity contribution is 0.437. The van der Waals surface area contributed by atoms with E-state index >= 15 is 0 Å². The van der Waals surface area contributed by atoms with Crippen LogP contribution in [0.3, 0.4) is 0 Å². The summed E-state index contributed by atoms with van der Waals surface area (Å²) in [4.78, 5) is 8.64. The first-order valence-corrected chi connectivity index (χ1v) is 6.70. The summed E-state index contributed by atoms with van der Waals surface area (Å²) in [5.74, 6) is -1.18. The first-order chi connectivity index (χ1) is 10.6. The van der Waals surface area contributed by atoms with Gasteiger partial charge in [-0.25, -0.2) is 9.37 Å². The highest BCUT2D eigenvalue weighted by Crippen LogP contribution is 2.35. The minimum atomic E-state index is -0.735. The fraction of sp³-hybridized carbons (Fsp3) is 0.0625. The van der Waals surface area contributed by atoms with Crippen molar-refractivity contribution in [1.29, 1.82) is 0 Å². The molecule has 0 fully saturated rings. The fourth-order valence-corrected chi connectivity index (χ4v) is 2.54. The maximum atomic E-state index is 14.3. The second kappa shape index (κ2) is 4.49. The second-order valence-electron chi connectivity index (χ2n) is 5.07. The van der Waals surface area contributed by atoms with Crippen LogP contribution in [0.5, 0.6) is 5.75 Å². The maximum absolute atomic E-state index is 14.3. The first-order valence-electron chi connectivity index (χ1n) is 6.70. The average Bonchev–Trinajstić information content (AvgIpc) is 2.91.